The zero-order chi connectivity index (χ0) is 12.4. The highest BCUT2D eigenvalue weighted by atomic mass is 16.1. The summed E-state index contributed by atoms with van der Waals surface area (Å²) < 4.78 is 0. The summed E-state index contributed by atoms with van der Waals surface area (Å²) in [6.07, 6.45) is 7.88. The van der Waals surface area contributed by atoms with E-state index in [4.69, 9.17) is 0 Å². The van der Waals surface area contributed by atoms with Crippen LogP contribution in [0.2, 0.25) is 0 Å². The van der Waals surface area contributed by atoms with E-state index >= 15 is 0 Å². The van der Waals surface area contributed by atoms with Gasteiger partial charge in [-0.15, -0.1) is 0 Å². The number of benzene rings is 1. The minimum Gasteiger partial charge on any atom is -0.353 e. The first-order valence-corrected chi connectivity index (χ1v) is 7.17. The van der Waals surface area contributed by atoms with E-state index in [1.165, 1.54) is 36.8 Å². The highest BCUT2D eigenvalue weighted by Gasteiger charge is 2.24. The van der Waals surface area contributed by atoms with E-state index in [-0.39, 0.29) is 5.91 Å². The van der Waals surface area contributed by atoms with Crippen molar-refractivity contribution in [1.29, 1.82) is 0 Å². The van der Waals surface area contributed by atoms with E-state index in [1.807, 2.05) is 0 Å². The topological polar surface area (TPSA) is 29.1 Å². The van der Waals surface area contributed by atoms with Crippen molar-refractivity contribution >= 4 is 5.91 Å². The highest BCUT2D eigenvalue weighted by Crippen LogP contribution is 2.28. The molecule has 1 fully saturated rings. The molecule has 0 unspecified atom stereocenters. The number of hydrogen-bond acceptors (Lipinski definition) is 1. The van der Waals surface area contributed by atoms with Gasteiger partial charge in [-0.1, -0.05) is 37.1 Å². The third-order valence-electron chi connectivity index (χ3n) is 4.36. The molecule has 3 rings (SSSR count). The van der Waals surface area contributed by atoms with Gasteiger partial charge in [-0.2, -0.15) is 0 Å². The third-order valence-corrected chi connectivity index (χ3v) is 4.36. The number of rotatable bonds is 3. The van der Waals surface area contributed by atoms with Crippen LogP contribution in [0.15, 0.2) is 24.3 Å². The zero-order valence-electron chi connectivity index (χ0n) is 10.8. The van der Waals surface area contributed by atoms with Gasteiger partial charge in [0.05, 0.1) is 0 Å². The minimum absolute atomic E-state index is 0.264. The molecule has 1 saturated carbocycles. The normalized spacial score (nSPS) is 20.0. The summed E-state index contributed by atoms with van der Waals surface area (Å²) in [5.74, 6) is 0.911. The average Bonchev–Trinajstić information content (AvgIpc) is 2.96. The van der Waals surface area contributed by atoms with E-state index in [9.17, 15) is 4.79 Å². The molecular formula is C16H21NO. The van der Waals surface area contributed by atoms with Crippen molar-refractivity contribution in [3.8, 4) is 0 Å². The molecule has 0 saturated heterocycles. The first kappa shape index (κ1) is 11.8. The molecule has 0 aliphatic heterocycles. The lowest BCUT2D eigenvalue weighted by Gasteiger charge is -2.14. The van der Waals surface area contributed by atoms with Crippen molar-refractivity contribution in [3.05, 3.63) is 35.4 Å². The second-order valence-electron chi connectivity index (χ2n) is 5.80. The van der Waals surface area contributed by atoms with Crippen molar-refractivity contribution < 1.29 is 4.79 Å². The largest absolute Gasteiger partial charge is 0.353 e. The second-order valence-corrected chi connectivity index (χ2v) is 5.80. The fourth-order valence-electron chi connectivity index (χ4n) is 3.42. The molecule has 0 atom stereocenters. The monoisotopic (exact) mass is 243 g/mol. The average molecular weight is 243 g/mol. The van der Waals surface area contributed by atoms with Gasteiger partial charge >= 0.3 is 0 Å². The van der Waals surface area contributed by atoms with Gasteiger partial charge in [0.15, 0.2) is 0 Å². The Labute approximate surface area is 109 Å². The fourth-order valence-corrected chi connectivity index (χ4v) is 3.42. The van der Waals surface area contributed by atoms with E-state index < -0.39 is 0 Å². The molecule has 0 aromatic heterocycles. The van der Waals surface area contributed by atoms with Crippen LogP contribution < -0.4 is 5.32 Å². The maximum Gasteiger partial charge on any atom is 0.220 e. The Hall–Kier alpha value is -1.31. The Balaban J connectivity index is 1.51. The predicted octanol–water partition coefficient (Wildman–Crippen LogP) is 2.85. The van der Waals surface area contributed by atoms with Gasteiger partial charge < -0.3 is 5.32 Å². The lowest BCUT2D eigenvalue weighted by Crippen LogP contribution is -2.36. The van der Waals surface area contributed by atoms with Gasteiger partial charge in [0, 0.05) is 12.5 Å². The lowest BCUT2D eigenvalue weighted by atomic mass is 10.0. The highest BCUT2D eigenvalue weighted by molar-refractivity contribution is 5.76. The number of fused-ring (bicyclic) bond motifs is 1. The van der Waals surface area contributed by atoms with Gasteiger partial charge in [0.1, 0.15) is 0 Å². The van der Waals surface area contributed by atoms with Crippen molar-refractivity contribution in [1.82, 2.24) is 5.32 Å². The molecule has 2 heteroatoms. The minimum atomic E-state index is 0.264. The predicted molar refractivity (Wildman–Crippen MR) is 72.4 cm³/mol. The fraction of sp³-hybridized carbons (Fsp3) is 0.562. The number of carbonyl (C=O) groups excluding carboxylic acids is 1. The molecule has 2 nitrogen and oxygen atoms in total. The molecule has 1 aromatic carbocycles. The quantitative estimate of drug-likeness (QED) is 0.869. The summed E-state index contributed by atoms with van der Waals surface area (Å²) in [7, 11) is 0. The van der Waals surface area contributed by atoms with E-state index in [2.05, 4.69) is 29.6 Å². The van der Waals surface area contributed by atoms with Gasteiger partial charge in [-0.05, 0) is 42.7 Å². The molecule has 96 valence electrons. The Bertz CT molecular complexity index is 409. The summed E-state index contributed by atoms with van der Waals surface area (Å²) >= 11 is 0. The molecule has 18 heavy (non-hydrogen) atoms. The Kier molecular flexibility index (Phi) is 3.35. The van der Waals surface area contributed by atoms with Crippen LogP contribution in [-0.4, -0.2) is 11.9 Å². The molecule has 1 amide bonds. The van der Waals surface area contributed by atoms with Gasteiger partial charge in [0.25, 0.3) is 0 Å². The van der Waals surface area contributed by atoms with Gasteiger partial charge in [-0.25, -0.2) is 0 Å². The summed E-state index contributed by atoms with van der Waals surface area (Å²) in [6.45, 7) is 0. The van der Waals surface area contributed by atoms with Gasteiger partial charge in [-0.3, -0.25) is 4.79 Å². The smallest absolute Gasteiger partial charge is 0.220 e. The van der Waals surface area contributed by atoms with Crippen molar-refractivity contribution in [3.63, 3.8) is 0 Å². The van der Waals surface area contributed by atoms with Crippen LogP contribution >= 0.6 is 0 Å². The number of amides is 1. The lowest BCUT2D eigenvalue weighted by molar-refractivity contribution is -0.122. The molecule has 1 aromatic rings. The van der Waals surface area contributed by atoms with Crippen LogP contribution in [0, 0.1) is 5.92 Å². The molecular weight excluding hydrogens is 222 g/mol. The Morgan fingerprint density at radius 2 is 1.72 bits per heavy atom. The second kappa shape index (κ2) is 5.13. The standard InChI is InChI=1S/C16H21NO/c18-16(9-12-5-1-2-6-12)17-15-10-13-7-3-4-8-14(13)11-15/h3-4,7-8,12,15H,1-2,5-6,9-11H2,(H,17,18). The maximum absolute atomic E-state index is 12.0. The first-order valence-electron chi connectivity index (χ1n) is 7.17. The SMILES string of the molecule is O=C(CC1CCCC1)NC1Cc2ccccc2C1. The summed E-state index contributed by atoms with van der Waals surface area (Å²) in [6, 6.07) is 8.86. The van der Waals surface area contributed by atoms with Crippen LogP contribution in [0.4, 0.5) is 0 Å². The van der Waals surface area contributed by atoms with E-state index in [0.29, 0.717) is 12.0 Å². The summed E-state index contributed by atoms with van der Waals surface area (Å²) in [5.41, 5.74) is 2.81. The third kappa shape index (κ3) is 2.58. The van der Waals surface area contributed by atoms with Crippen LogP contribution in [-0.2, 0) is 17.6 Å². The maximum atomic E-state index is 12.0. The molecule has 0 radical (unpaired) electrons. The van der Waals surface area contributed by atoms with Crippen LogP contribution in [0.5, 0.6) is 0 Å². The van der Waals surface area contributed by atoms with E-state index in [0.717, 1.165) is 19.3 Å². The molecule has 0 bridgehead atoms. The Morgan fingerprint density at radius 1 is 1.11 bits per heavy atom. The molecule has 0 spiro atoms. The molecule has 2 aliphatic carbocycles. The zero-order valence-corrected chi connectivity index (χ0v) is 10.8. The van der Waals surface area contributed by atoms with Crippen molar-refractivity contribution in [2.75, 3.05) is 0 Å². The van der Waals surface area contributed by atoms with Gasteiger partial charge in [0.2, 0.25) is 5.91 Å². The summed E-state index contributed by atoms with van der Waals surface area (Å²) in [5, 5.41) is 3.21. The molecule has 0 heterocycles. The summed E-state index contributed by atoms with van der Waals surface area (Å²) in [4.78, 5) is 12.0. The van der Waals surface area contributed by atoms with Crippen molar-refractivity contribution in [2.24, 2.45) is 5.92 Å². The number of nitrogens with one attached hydrogen (secondary N) is 1. The molecule has 1 N–H and O–H groups in total. The van der Waals surface area contributed by atoms with E-state index in [1.54, 1.807) is 0 Å². The Morgan fingerprint density at radius 3 is 2.33 bits per heavy atom. The number of carbonyl (C=O) groups is 1. The van der Waals surface area contributed by atoms with Crippen LogP contribution in [0.1, 0.15) is 43.2 Å². The number of hydrogen-bond donors (Lipinski definition) is 1. The van der Waals surface area contributed by atoms with Crippen LogP contribution in [0.3, 0.4) is 0 Å². The van der Waals surface area contributed by atoms with Crippen molar-refractivity contribution in [2.45, 2.75) is 51.0 Å². The van der Waals surface area contributed by atoms with Crippen LogP contribution in [0.25, 0.3) is 0 Å². The first-order chi connectivity index (χ1) is 8.81. The molecule has 2 aliphatic rings.